The maximum absolute atomic E-state index is 5.94. The Hall–Kier alpha value is -0.730. The molecule has 0 spiro atoms. The molecule has 0 aromatic heterocycles. The lowest BCUT2D eigenvalue weighted by Crippen LogP contribution is -2.32. The van der Waals surface area contributed by atoms with Crippen LogP contribution in [0.2, 0.25) is 5.02 Å². The molecule has 2 fully saturated rings. The van der Waals surface area contributed by atoms with E-state index in [4.69, 9.17) is 11.6 Å². The summed E-state index contributed by atoms with van der Waals surface area (Å²) in [5.41, 5.74) is 1.31. The SMILES string of the molecule is Clc1ccc(N2CCC(CNC3CCCC3)C2)cc1. The molecule has 1 aromatic rings. The molecular weight excluding hydrogens is 256 g/mol. The lowest BCUT2D eigenvalue weighted by Gasteiger charge is -2.20. The van der Waals surface area contributed by atoms with Crippen LogP contribution in [0.25, 0.3) is 0 Å². The van der Waals surface area contributed by atoms with E-state index >= 15 is 0 Å². The first-order valence-corrected chi connectivity index (χ1v) is 7.93. The quantitative estimate of drug-likeness (QED) is 0.903. The Bertz CT molecular complexity index is 398. The van der Waals surface area contributed by atoms with Crippen LogP contribution in [-0.4, -0.2) is 25.7 Å². The predicted molar refractivity (Wildman–Crippen MR) is 82.0 cm³/mol. The monoisotopic (exact) mass is 278 g/mol. The third-order valence-electron chi connectivity index (χ3n) is 4.53. The molecule has 104 valence electrons. The average Bonchev–Trinajstić information content (AvgIpc) is 3.09. The highest BCUT2D eigenvalue weighted by molar-refractivity contribution is 6.30. The molecule has 0 amide bonds. The second kappa shape index (κ2) is 6.15. The van der Waals surface area contributed by atoms with Gasteiger partial charge in [-0.1, -0.05) is 24.4 Å². The van der Waals surface area contributed by atoms with E-state index in [-0.39, 0.29) is 0 Å². The number of nitrogens with zero attached hydrogens (tertiary/aromatic N) is 1. The number of rotatable bonds is 4. The smallest absolute Gasteiger partial charge is 0.0407 e. The number of halogens is 1. The van der Waals surface area contributed by atoms with Crippen LogP contribution in [0.15, 0.2) is 24.3 Å². The summed E-state index contributed by atoms with van der Waals surface area (Å²) < 4.78 is 0. The molecule has 1 saturated carbocycles. The summed E-state index contributed by atoms with van der Waals surface area (Å²) in [5, 5.41) is 4.58. The van der Waals surface area contributed by atoms with Gasteiger partial charge in [-0.3, -0.25) is 0 Å². The molecule has 1 heterocycles. The molecule has 2 aliphatic rings. The van der Waals surface area contributed by atoms with Crippen molar-refractivity contribution in [3.63, 3.8) is 0 Å². The molecule has 0 bridgehead atoms. The average molecular weight is 279 g/mol. The van der Waals surface area contributed by atoms with Crippen molar-refractivity contribution in [1.29, 1.82) is 0 Å². The maximum atomic E-state index is 5.94. The van der Waals surface area contributed by atoms with Crippen LogP contribution in [0.1, 0.15) is 32.1 Å². The first-order valence-electron chi connectivity index (χ1n) is 7.55. The van der Waals surface area contributed by atoms with Crippen LogP contribution in [-0.2, 0) is 0 Å². The number of nitrogens with one attached hydrogen (secondary N) is 1. The van der Waals surface area contributed by atoms with Gasteiger partial charge in [-0.15, -0.1) is 0 Å². The van der Waals surface area contributed by atoms with Crippen molar-refractivity contribution in [1.82, 2.24) is 5.32 Å². The Morgan fingerprint density at radius 2 is 1.84 bits per heavy atom. The molecule has 2 nitrogen and oxygen atoms in total. The highest BCUT2D eigenvalue weighted by Gasteiger charge is 2.24. The largest absolute Gasteiger partial charge is 0.371 e. The molecule has 0 radical (unpaired) electrons. The van der Waals surface area contributed by atoms with Gasteiger partial charge in [0.2, 0.25) is 0 Å². The second-order valence-corrected chi connectivity index (χ2v) is 6.40. The van der Waals surface area contributed by atoms with Crippen LogP contribution in [0.5, 0.6) is 0 Å². The van der Waals surface area contributed by atoms with Crippen molar-refractivity contribution < 1.29 is 0 Å². The topological polar surface area (TPSA) is 15.3 Å². The van der Waals surface area contributed by atoms with Crippen molar-refractivity contribution in [3.05, 3.63) is 29.3 Å². The fourth-order valence-corrected chi connectivity index (χ4v) is 3.47. The zero-order valence-corrected chi connectivity index (χ0v) is 12.2. The van der Waals surface area contributed by atoms with Crippen LogP contribution in [0.4, 0.5) is 5.69 Å². The van der Waals surface area contributed by atoms with Crippen molar-refractivity contribution >= 4 is 17.3 Å². The van der Waals surface area contributed by atoms with E-state index in [1.807, 2.05) is 12.1 Å². The van der Waals surface area contributed by atoms with Crippen molar-refractivity contribution in [2.45, 2.75) is 38.1 Å². The Morgan fingerprint density at radius 1 is 1.11 bits per heavy atom. The van der Waals surface area contributed by atoms with Gasteiger partial charge < -0.3 is 10.2 Å². The lowest BCUT2D eigenvalue weighted by molar-refractivity contribution is 0.450. The van der Waals surface area contributed by atoms with E-state index in [1.165, 1.54) is 57.4 Å². The summed E-state index contributed by atoms with van der Waals surface area (Å²) in [7, 11) is 0. The highest BCUT2D eigenvalue weighted by Crippen LogP contribution is 2.25. The number of hydrogen-bond donors (Lipinski definition) is 1. The zero-order chi connectivity index (χ0) is 13.1. The van der Waals surface area contributed by atoms with Gasteiger partial charge in [-0.2, -0.15) is 0 Å². The van der Waals surface area contributed by atoms with Gasteiger partial charge in [0.1, 0.15) is 0 Å². The summed E-state index contributed by atoms with van der Waals surface area (Å²) in [6.45, 7) is 3.55. The van der Waals surface area contributed by atoms with Gasteiger partial charge in [-0.05, 0) is 56.0 Å². The van der Waals surface area contributed by atoms with Crippen molar-refractivity contribution in [3.8, 4) is 0 Å². The van der Waals surface area contributed by atoms with Crippen LogP contribution in [0, 0.1) is 5.92 Å². The molecule has 1 N–H and O–H groups in total. The molecule has 3 heteroatoms. The highest BCUT2D eigenvalue weighted by atomic mass is 35.5. The van der Waals surface area contributed by atoms with E-state index in [0.29, 0.717) is 0 Å². The summed E-state index contributed by atoms with van der Waals surface area (Å²) in [5.74, 6) is 0.802. The van der Waals surface area contributed by atoms with Gasteiger partial charge in [0, 0.05) is 29.8 Å². The van der Waals surface area contributed by atoms with Crippen LogP contribution in [0.3, 0.4) is 0 Å². The molecule has 1 atom stereocenters. The Balaban J connectivity index is 1.48. The normalized spacial score (nSPS) is 24.3. The number of hydrogen-bond acceptors (Lipinski definition) is 2. The van der Waals surface area contributed by atoms with E-state index in [0.717, 1.165) is 17.0 Å². The minimum absolute atomic E-state index is 0.796. The van der Waals surface area contributed by atoms with Crippen LogP contribution >= 0.6 is 11.6 Å². The maximum Gasteiger partial charge on any atom is 0.0407 e. The van der Waals surface area contributed by atoms with E-state index in [1.54, 1.807) is 0 Å². The predicted octanol–water partition coefficient (Wildman–Crippen LogP) is 3.70. The van der Waals surface area contributed by atoms with Crippen molar-refractivity contribution in [2.24, 2.45) is 5.92 Å². The minimum atomic E-state index is 0.796. The fraction of sp³-hybridized carbons (Fsp3) is 0.625. The minimum Gasteiger partial charge on any atom is -0.371 e. The molecule has 1 aliphatic heterocycles. The summed E-state index contributed by atoms with van der Waals surface area (Å²) >= 11 is 5.94. The molecule has 1 aromatic carbocycles. The van der Waals surface area contributed by atoms with Gasteiger partial charge in [0.05, 0.1) is 0 Å². The molecule has 3 rings (SSSR count). The van der Waals surface area contributed by atoms with E-state index < -0.39 is 0 Å². The van der Waals surface area contributed by atoms with Crippen LogP contribution < -0.4 is 10.2 Å². The van der Waals surface area contributed by atoms with Gasteiger partial charge in [0.15, 0.2) is 0 Å². The summed E-state index contributed by atoms with van der Waals surface area (Å²) in [6.07, 6.45) is 6.90. The Kier molecular flexibility index (Phi) is 4.29. The van der Waals surface area contributed by atoms with Gasteiger partial charge >= 0.3 is 0 Å². The van der Waals surface area contributed by atoms with Gasteiger partial charge in [-0.25, -0.2) is 0 Å². The first-order chi connectivity index (χ1) is 9.31. The zero-order valence-electron chi connectivity index (χ0n) is 11.4. The fourth-order valence-electron chi connectivity index (χ4n) is 3.35. The second-order valence-electron chi connectivity index (χ2n) is 5.97. The Labute approximate surface area is 121 Å². The standard InChI is InChI=1S/C16H23ClN2/c17-14-5-7-16(8-6-14)19-10-9-13(12-19)11-18-15-3-1-2-4-15/h5-8,13,15,18H,1-4,9-12H2. The third-order valence-corrected chi connectivity index (χ3v) is 4.78. The first kappa shape index (κ1) is 13.3. The number of anilines is 1. The van der Waals surface area contributed by atoms with E-state index in [9.17, 15) is 0 Å². The summed E-state index contributed by atoms with van der Waals surface area (Å²) in [6, 6.07) is 9.04. The summed E-state index contributed by atoms with van der Waals surface area (Å²) in [4.78, 5) is 2.48. The van der Waals surface area contributed by atoms with E-state index in [2.05, 4.69) is 22.3 Å². The third kappa shape index (κ3) is 3.43. The molecule has 1 saturated heterocycles. The number of benzene rings is 1. The van der Waals surface area contributed by atoms with Crippen molar-refractivity contribution in [2.75, 3.05) is 24.5 Å². The molecule has 1 aliphatic carbocycles. The molecular formula is C16H23ClN2. The van der Waals surface area contributed by atoms with Gasteiger partial charge in [0.25, 0.3) is 0 Å². The Morgan fingerprint density at radius 3 is 2.58 bits per heavy atom. The lowest BCUT2D eigenvalue weighted by atomic mass is 10.1. The molecule has 1 unspecified atom stereocenters. The molecule has 19 heavy (non-hydrogen) atoms.